The fraction of sp³-hybridized carbons (Fsp3) is 0.346. The molecule has 2 aliphatic heterocycles. The molecule has 0 amide bonds. The SMILES string of the molecule is CCOc1ccc(-n2c(O)c(C=NC[C@H]3c4c(cc5c(c4OC)OCO5)CCN3C)c(=O)[nH]c2=O)cc1. The fourth-order valence-electron chi connectivity index (χ4n) is 4.75. The Kier molecular flexibility index (Phi) is 6.62. The number of aromatic amines is 1. The van der Waals surface area contributed by atoms with Crippen LogP contribution in [-0.4, -0.2) is 66.4 Å². The van der Waals surface area contributed by atoms with Crippen LogP contribution in [0.25, 0.3) is 5.69 Å². The topological polar surface area (TPSA) is 128 Å². The van der Waals surface area contributed by atoms with Crippen molar-refractivity contribution in [3.8, 4) is 34.6 Å². The number of ether oxygens (including phenoxy) is 4. The molecule has 37 heavy (non-hydrogen) atoms. The Morgan fingerprint density at radius 3 is 2.76 bits per heavy atom. The van der Waals surface area contributed by atoms with E-state index in [1.807, 2.05) is 20.0 Å². The normalized spacial score (nSPS) is 16.7. The Morgan fingerprint density at radius 1 is 1.24 bits per heavy atom. The lowest BCUT2D eigenvalue weighted by Crippen LogP contribution is -2.34. The fourth-order valence-corrected chi connectivity index (χ4v) is 4.75. The average Bonchev–Trinajstić information content (AvgIpc) is 3.35. The minimum absolute atomic E-state index is 0.121. The highest BCUT2D eigenvalue weighted by atomic mass is 16.7. The highest BCUT2D eigenvalue weighted by molar-refractivity contribution is 5.82. The smallest absolute Gasteiger partial charge is 0.335 e. The van der Waals surface area contributed by atoms with Gasteiger partial charge in [-0.3, -0.25) is 19.7 Å². The maximum atomic E-state index is 12.6. The predicted molar refractivity (Wildman–Crippen MR) is 136 cm³/mol. The minimum atomic E-state index is -0.759. The Labute approximate surface area is 212 Å². The first kappa shape index (κ1) is 24.4. The van der Waals surface area contributed by atoms with Crippen LogP contribution in [0.2, 0.25) is 0 Å². The Balaban J connectivity index is 1.47. The Morgan fingerprint density at radius 2 is 2.03 bits per heavy atom. The van der Waals surface area contributed by atoms with Crippen molar-refractivity contribution in [2.45, 2.75) is 19.4 Å². The number of aliphatic imine (C=N–C) groups is 1. The van der Waals surface area contributed by atoms with Crippen LogP contribution in [-0.2, 0) is 6.42 Å². The molecular weight excluding hydrogens is 480 g/mol. The van der Waals surface area contributed by atoms with Crippen molar-refractivity contribution in [2.24, 2.45) is 4.99 Å². The maximum Gasteiger partial charge on any atom is 0.335 e. The average molecular weight is 509 g/mol. The molecule has 2 N–H and O–H groups in total. The molecule has 194 valence electrons. The number of aromatic hydroxyl groups is 1. The van der Waals surface area contributed by atoms with Gasteiger partial charge < -0.3 is 24.1 Å². The summed E-state index contributed by atoms with van der Waals surface area (Å²) in [5.74, 6) is 1.97. The van der Waals surface area contributed by atoms with E-state index in [4.69, 9.17) is 18.9 Å². The summed E-state index contributed by atoms with van der Waals surface area (Å²) in [4.78, 5) is 34.0. The number of benzene rings is 2. The molecule has 11 nitrogen and oxygen atoms in total. The van der Waals surface area contributed by atoms with Gasteiger partial charge in [-0.25, -0.2) is 9.36 Å². The molecule has 2 aromatic carbocycles. The summed E-state index contributed by atoms with van der Waals surface area (Å²) in [5.41, 5.74) is 0.806. The quantitative estimate of drug-likeness (QED) is 0.464. The second kappa shape index (κ2) is 10.0. The Hall–Kier alpha value is -4.25. The summed E-state index contributed by atoms with van der Waals surface area (Å²) in [6.45, 7) is 3.58. The van der Waals surface area contributed by atoms with Crippen molar-refractivity contribution in [3.63, 3.8) is 0 Å². The number of likely N-dealkylation sites (N-methyl/N-ethyl adjacent to an activating group) is 1. The van der Waals surface area contributed by atoms with Crippen LogP contribution in [0.1, 0.15) is 29.7 Å². The lowest BCUT2D eigenvalue weighted by molar-refractivity contribution is 0.170. The minimum Gasteiger partial charge on any atom is -0.494 e. The third kappa shape index (κ3) is 4.42. The van der Waals surface area contributed by atoms with E-state index >= 15 is 0 Å². The first-order valence-electron chi connectivity index (χ1n) is 11.9. The van der Waals surface area contributed by atoms with Crippen molar-refractivity contribution < 1.29 is 24.1 Å². The summed E-state index contributed by atoms with van der Waals surface area (Å²) < 4.78 is 23.4. The van der Waals surface area contributed by atoms with E-state index in [2.05, 4.69) is 14.9 Å². The van der Waals surface area contributed by atoms with Crippen LogP contribution in [0, 0.1) is 0 Å². The van der Waals surface area contributed by atoms with Gasteiger partial charge in [0.15, 0.2) is 11.5 Å². The number of nitrogens with one attached hydrogen (secondary N) is 1. The van der Waals surface area contributed by atoms with Crippen molar-refractivity contribution in [1.29, 1.82) is 0 Å². The van der Waals surface area contributed by atoms with Gasteiger partial charge in [-0.15, -0.1) is 0 Å². The molecule has 3 aromatic rings. The van der Waals surface area contributed by atoms with E-state index in [0.717, 1.165) is 28.7 Å². The van der Waals surface area contributed by atoms with Crippen molar-refractivity contribution in [2.75, 3.05) is 40.6 Å². The first-order chi connectivity index (χ1) is 17.9. The summed E-state index contributed by atoms with van der Waals surface area (Å²) in [7, 11) is 3.58. The maximum absolute atomic E-state index is 12.6. The third-order valence-corrected chi connectivity index (χ3v) is 6.57. The van der Waals surface area contributed by atoms with Crippen molar-refractivity contribution in [3.05, 3.63) is 67.9 Å². The molecule has 0 saturated carbocycles. The number of hydrogen-bond donors (Lipinski definition) is 2. The van der Waals surface area contributed by atoms with Crippen LogP contribution >= 0.6 is 0 Å². The van der Waals surface area contributed by atoms with Crippen molar-refractivity contribution >= 4 is 6.21 Å². The predicted octanol–water partition coefficient (Wildman–Crippen LogP) is 2.02. The summed E-state index contributed by atoms with van der Waals surface area (Å²) in [5, 5.41) is 10.9. The number of rotatable bonds is 7. The van der Waals surface area contributed by atoms with E-state index < -0.39 is 17.1 Å². The molecule has 1 atom stereocenters. The molecular formula is C26H28N4O7. The standard InChI is InChI=1S/C26H28N4O7/c1-4-35-17-7-5-16(6-8-17)30-25(32)18(24(31)28-26(30)33)12-27-13-19-21-15(9-10-29(19)2)11-20-22(23(21)34-3)37-14-36-20/h5-8,11-12,19,32H,4,9-10,13-14H2,1-3H3,(H,28,31,33)/t19-/m0/s1. The first-order valence-corrected chi connectivity index (χ1v) is 11.9. The zero-order valence-corrected chi connectivity index (χ0v) is 20.8. The molecule has 0 unspecified atom stereocenters. The highest BCUT2D eigenvalue weighted by Crippen LogP contribution is 2.49. The lowest BCUT2D eigenvalue weighted by Gasteiger charge is -2.35. The van der Waals surface area contributed by atoms with Gasteiger partial charge in [0.1, 0.15) is 11.3 Å². The molecule has 0 radical (unpaired) electrons. The molecule has 2 aliphatic rings. The zero-order chi connectivity index (χ0) is 26.1. The summed E-state index contributed by atoms with van der Waals surface area (Å²) in [6.07, 6.45) is 2.10. The number of fused-ring (bicyclic) bond motifs is 2. The molecule has 0 aliphatic carbocycles. The summed E-state index contributed by atoms with van der Waals surface area (Å²) >= 11 is 0. The highest BCUT2D eigenvalue weighted by Gasteiger charge is 2.33. The lowest BCUT2D eigenvalue weighted by atomic mass is 9.91. The molecule has 11 heteroatoms. The van der Waals surface area contributed by atoms with E-state index in [1.54, 1.807) is 31.4 Å². The van der Waals surface area contributed by atoms with Crippen LogP contribution < -0.4 is 30.2 Å². The van der Waals surface area contributed by atoms with Crippen molar-refractivity contribution in [1.82, 2.24) is 14.5 Å². The molecule has 3 heterocycles. The third-order valence-electron chi connectivity index (χ3n) is 6.57. The van der Waals surface area contributed by atoms with Gasteiger partial charge in [0.25, 0.3) is 5.56 Å². The van der Waals surface area contributed by atoms with Crippen LogP contribution in [0.5, 0.6) is 28.9 Å². The number of methoxy groups -OCH3 is 1. The van der Waals surface area contributed by atoms with E-state index in [0.29, 0.717) is 35.3 Å². The second-order valence-electron chi connectivity index (χ2n) is 8.72. The van der Waals surface area contributed by atoms with Crippen LogP contribution in [0.15, 0.2) is 44.9 Å². The molecule has 0 saturated heterocycles. The van der Waals surface area contributed by atoms with E-state index in [1.165, 1.54) is 6.21 Å². The monoisotopic (exact) mass is 508 g/mol. The molecule has 0 bridgehead atoms. The van der Waals surface area contributed by atoms with Gasteiger partial charge in [0.2, 0.25) is 18.4 Å². The van der Waals surface area contributed by atoms with Crippen LogP contribution in [0.4, 0.5) is 0 Å². The molecule has 0 spiro atoms. The number of aromatic nitrogens is 2. The van der Waals surface area contributed by atoms with Gasteiger partial charge in [-0.2, -0.15) is 0 Å². The molecule has 1 aromatic heterocycles. The largest absolute Gasteiger partial charge is 0.494 e. The van der Waals surface area contributed by atoms with Gasteiger partial charge in [-0.1, -0.05) is 0 Å². The van der Waals surface area contributed by atoms with Gasteiger partial charge >= 0.3 is 5.69 Å². The summed E-state index contributed by atoms with van der Waals surface area (Å²) in [6, 6.07) is 8.42. The van der Waals surface area contributed by atoms with Gasteiger partial charge in [-0.05, 0) is 56.3 Å². The Bertz CT molecular complexity index is 1460. The number of nitrogens with zero attached hydrogens (tertiary/aromatic N) is 3. The number of hydrogen-bond acceptors (Lipinski definition) is 9. The number of H-pyrrole nitrogens is 1. The van der Waals surface area contributed by atoms with E-state index in [-0.39, 0.29) is 24.9 Å². The zero-order valence-electron chi connectivity index (χ0n) is 20.8. The second-order valence-corrected chi connectivity index (χ2v) is 8.72. The molecule has 5 rings (SSSR count). The molecule has 0 fully saturated rings. The van der Waals surface area contributed by atoms with Gasteiger partial charge in [0, 0.05) is 18.3 Å². The van der Waals surface area contributed by atoms with Crippen LogP contribution in [0.3, 0.4) is 0 Å². The van der Waals surface area contributed by atoms with E-state index in [9.17, 15) is 14.7 Å². The van der Waals surface area contributed by atoms with Gasteiger partial charge in [0.05, 0.1) is 32.0 Å².